The number of amides is 1. The minimum absolute atomic E-state index is 0.214. The third kappa shape index (κ3) is 4.54. The van der Waals surface area contributed by atoms with E-state index in [1.54, 1.807) is 4.83 Å². The SMILES string of the molecule is O=C(Cc1ccc(F)cc1)NNS(=O)(=O)c1ccc(F)cc1F. The molecule has 0 spiro atoms. The van der Waals surface area contributed by atoms with Crippen LogP contribution in [0, 0.1) is 17.5 Å². The number of hydrogen-bond donors (Lipinski definition) is 2. The normalized spacial score (nSPS) is 11.3. The first-order valence-corrected chi connectivity index (χ1v) is 7.76. The minimum Gasteiger partial charge on any atom is -0.277 e. The van der Waals surface area contributed by atoms with Gasteiger partial charge in [-0.15, -0.1) is 4.83 Å². The highest BCUT2D eigenvalue weighted by Crippen LogP contribution is 2.14. The third-order valence-corrected chi connectivity index (χ3v) is 4.07. The fraction of sp³-hybridized carbons (Fsp3) is 0.0714. The largest absolute Gasteiger partial charge is 0.277 e. The van der Waals surface area contributed by atoms with Gasteiger partial charge in [0.1, 0.15) is 22.3 Å². The zero-order valence-electron chi connectivity index (χ0n) is 11.5. The Balaban J connectivity index is 2.01. The van der Waals surface area contributed by atoms with Crippen molar-refractivity contribution in [1.82, 2.24) is 10.3 Å². The van der Waals surface area contributed by atoms with E-state index >= 15 is 0 Å². The van der Waals surface area contributed by atoms with Gasteiger partial charge < -0.3 is 0 Å². The van der Waals surface area contributed by atoms with E-state index in [0.717, 1.165) is 24.3 Å². The highest BCUT2D eigenvalue weighted by Gasteiger charge is 2.20. The van der Waals surface area contributed by atoms with E-state index in [1.165, 1.54) is 12.1 Å². The summed E-state index contributed by atoms with van der Waals surface area (Å²) in [6.45, 7) is 0. The van der Waals surface area contributed by atoms with E-state index in [-0.39, 0.29) is 6.42 Å². The number of benzene rings is 2. The van der Waals surface area contributed by atoms with Crippen molar-refractivity contribution in [2.45, 2.75) is 11.3 Å². The van der Waals surface area contributed by atoms with Crippen molar-refractivity contribution >= 4 is 15.9 Å². The van der Waals surface area contributed by atoms with Crippen LogP contribution in [0.25, 0.3) is 0 Å². The van der Waals surface area contributed by atoms with Gasteiger partial charge in [-0.25, -0.2) is 21.6 Å². The standard InChI is InChI=1S/C14H11F3N2O3S/c15-10-3-1-9(2-4-10)7-14(20)18-19-23(21,22)13-6-5-11(16)8-12(13)17/h1-6,8,19H,7H2,(H,18,20). The molecule has 0 aliphatic rings. The maximum Gasteiger partial charge on any atom is 0.260 e. The van der Waals surface area contributed by atoms with Crippen molar-refractivity contribution in [2.75, 3.05) is 0 Å². The molecule has 0 bridgehead atoms. The molecule has 0 saturated heterocycles. The summed E-state index contributed by atoms with van der Waals surface area (Å²) < 4.78 is 62.6. The first kappa shape index (κ1) is 17.0. The van der Waals surface area contributed by atoms with Crippen molar-refractivity contribution < 1.29 is 26.4 Å². The lowest BCUT2D eigenvalue weighted by Crippen LogP contribution is -2.42. The Hall–Kier alpha value is -2.39. The first-order valence-electron chi connectivity index (χ1n) is 6.28. The smallest absolute Gasteiger partial charge is 0.260 e. The van der Waals surface area contributed by atoms with Crippen molar-refractivity contribution in [2.24, 2.45) is 0 Å². The van der Waals surface area contributed by atoms with Gasteiger partial charge in [-0.05, 0) is 29.8 Å². The maximum absolute atomic E-state index is 13.4. The van der Waals surface area contributed by atoms with Crippen LogP contribution in [-0.4, -0.2) is 14.3 Å². The van der Waals surface area contributed by atoms with Crippen LogP contribution < -0.4 is 10.3 Å². The molecule has 0 saturated carbocycles. The summed E-state index contributed by atoms with van der Waals surface area (Å²) in [6.07, 6.45) is -0.214. The molecule has 122 valence electrons. The Labute approximate surface area is 130 Å². The zero-order chi connectivity index (χ0) is 17.0. The van der Waals surface area contributed by atoms with Crippen molar-refractivity contribution in [3.63, 3.8) is 0 Å². The van der Waals surface area contributed by atoms with Crippen LogP contribution in [0.15, 0.2) is 47.4 Å². The zero-order valence-corrected chi connectivity index (χ0v) is 12.3. The highest BCUT2D eigenvalue weighted by atomic mass is 32.2. The first-order chi connectivity index (χ1) is 10.8. The highest BCUT2D eigenvalue weighted by molar-refractivity contribution is 7.89. The van der Waals surface area contributed by atoms with E-state index in [4.69, 9.17) is 0 Å². The van der Waals surface area contributed by atoms with Crippen LogP contribution >= 0.6 is 0 Å². The van der Waals surface area contributed by atoms with Crippen LogP contribution in [0.2, 0.25) is 0 Å². The van der Waals surface area contributed by atoms with Crippen LogP contribution in [0.5, 0.6) is 0 Å². The number of sulfonamides is 1. The average Bonchev–Trinajstić information content (AvgIpc) is 2.47. The Morgan fingerprint density at radius 1 is 0.957 bits per heavy atom. The maximum atomic E-state index is 13.4. The van der Waals surface area contributed by atoms with Gasteiger partial charge >= 0.3 is 0 Å². The minimum atomic E-state index is -4.39. The molecule has 2 N–H and O–H groups in total. The van der Waals surface area contributed by atoms with Crippen LogP contribution in [0.1, 0.15) is 5.56 Å². The molecule has 0 aliphatic heterocycles. The van der Waals surface area contributed by atoms with E-state index in [0.29, 0.717) is 11.6 Å². The summed E-state index contributed by atoms with van der Waals surface area (Å²) in [4.78, 5) is 12.5. The number of rotatable bonds is 5. The summed E-state index contributed by atoms with van der Waals surface area (Å²) in [5, 5.41) is 0. The van der Waals surface area contributed by atoms with Crippen LogP contribution in [-0.2, 0) is 21.2 Å². The molecule has 2 rings (SSSR count). The van der Waals surface area contributed by atoms with Gasteiger partial charge in [0, 0.05) is 6.07 Å². The quantitative estimate of drug-likeness (QED) is 0.810. The third-order valence-electron chi connectivity index (χ3n) is 2.79. The molecule has 0 aromatic heterocycles. The molecule has 9 heteroatoms. The lowest BCUT2D eigenvalue weighted by molar-refractivity contribution is -0.120. The summed E-state index contributed by atoms with van der Waals surface area (Å²) in [5.74, 6) is -3.42. The fourth-order valence-electron chi connectivity index (χ4n) is 1.70. The molecular weight excluding hydrogens is 333 g/mol. The van der Waals surface area contributed by atoms with Crippen LogP contribution in [0.4, 0.5) is 13.2 Å². The summed E-state index contributed by atoms with van der Waals surface area (Å²) in [6, 6.07) is 6.96. The van der Waals surface area contributed by atoms with Gasteiger partial charge in [0.25, 0.3) is 10.0 Å². The van der Waals surface area contributed by atoms with Crippen molar-refractivity contribution in [1.29, 1.82) is 0 Å². The van der Waals surface area contributed by atoms with Crippen molar-refractivity contribution in [3.05, 3.63) is 65.5 Å². The molecule has 0 radical (unpaired) electrons. The van der Waals surface area contributed by atoms with Gasteiger partial charge in [0.05, 0.1) is 6.42 Å². The number of halogens is 3. The lowest BCUT2D eigenvalue weighted by Gasteiger charge is -2.09. The number of nitrogens with one attached hydrogen (secondary N) is 2. The Morgan fingerprint density at radius 2 is 1.57 bits per heavy atom. The van der Waals surface area contributed by atoms with E-state index in [9.17, 15) is 26.4 Å². The topological polar surface area (TPSA) is 75.3 Å². The van der Waals surface area contributed by atoms with E-state index in [2.05, 4.69) is 0 Å². The van der Waals surface area contributed by atoms with Crippen LogP contribution in [0.3, 0.4) is 0 Å². The fourth-order valence-corrected chi connectivity index (χ4v) is 2.63. The number of carbonyl (C=O) groups is 1. The van der Waals surface area contributed by atoms with E-state index in [1.807, 2.05) is 5.43 Å². The van der Waals surface area contributed by atoms with E-state index < -0.39 is 38.3 Å². The molecular formula is C14H11F3N2O3S. The predicted octanol–water partition coefficient (Wildman–Crippen LogP) is 1.66. The number of carbonyl (C=O) groups excluding carboxylic acids is 1. The van der Waals surface area contributed by atoms with Gasteiger partial charge in [0.2, 0.25) is 5.91 Å². The summed E-state index contributed by atoms with van der Waals surface area (Å²) >= 11 is 0. The molecule has 23 heavy (non-hydrogen) atoms. The molecule has 0 aliphatic carbocycles. The monoisotopic (exact) mass is 344 g/mol. The second kappa shape index (κ2) is 6.80. The second-order valence-electron chi connectivity index (χ2n) is 4.53. The summed E-state index contributed by atoms with van der Waals surface area (Å²) in [5.41, 5.74) is 2.35. The molecule has 5 nitrogen and oxygen atoms in total. The molecule has 0 fully saturated rings. The summed E-state index contributed by atoms with van der Waals surface area (Å²) in [7, 11) is -4.39. The predicted molar refractivity (Wildman–Crippen MR) is 74.9 cm³/mol. The Kier molecular flexibility index (Phi) is 5.02. The lowest BCUT2D eigenvalue weighted by atomic mass is 10.1. The van der Waals surface area contributed by atoms with Gasteiger partial charge in [-0.2, -0.15) is 0 Å². The Bertz CT molecular complexity index is 824. The molecule has 2 aromatic rings. The number of hydrogen-bond acceptors (Lipinski definition) is 3. The molecule has 2 aromatic carbocycles. The van der Waals surface area contributed by atoms with Gasteiger partial charge in [0.15, 0.2) is 0 Å². The number of hydrazine groups is 1. The molecule has 0 unspecified atom stereocenters. The van der Waals surface area contributed by atoms with Gasteiger partial charge in [-0.3, -0.25) is 10.2 Å². The Morgan fingerprint density at radius 3 is 2.17 bits per heavy atom. The van der Waals surface area contributed by atoms with Gasteiger partial charge in [-0.1, -0.05) is 12.1 Å². The molecule has 0 heterocycles. The molecule has 1 amide bonds. The molecule has 0 atom stereocenters. The van der Waals surface area contributed by atoms with Crippen molar-refractivity contribution in [3.8, 4) is 0 Å². The average molecular weight is 344 g/mol. The second-order valence-corrected chi connectivity index (χ2v) is 6.18.